The molecule has 1 aliphatic heterocycles. The fraction of sp³-hybridized carbons (Fsp3) is 0.391. The van der Waals surface area contributed by atoms with Gasteiger partial charge in [-0.1, -0.05) is 37.3 Å². The van der Waals surface area contributed by atoms with Crippen molar-refractivity contribution in [1.29, 1.82) is 0 Å². The third-order valence-corrected chi connectivity index (χ3v) is 4.83. The van der Waals surface area contributed by atoms with Crippen molar-refractivity contribution in [3.63, 3.8) is 0 Å². The molecule has 1 saturated heterocycles. The maximum atomic E-state index is 11.9. The molecule has 1 unspecified atom stereocenters. The largest absolute Gasteiger partial charge is 0.457 e. The summed E-state index contributed by atoms with van der Waals surface area (Å²) in [6.07, 6.45) is 1.50. The zero-order valence-corrected chi connectivity index (χ0v) is 20.0. The molecule has 162 valence electrons. The molecule has 3 rings (SSSR count). The molecule has 2 aromatic rings. The van der Waals surface area contributed by atoms with E-state index in [-0.39, 0.29) is 35.9 Å². The molecule has 1 aliphatic rings. The molecular formula is C23H31IN4O2. The molecule has 0 saturated carbocycles. The number of hydrogen-bond acceptors (Lipinski definition) is 3. The highest BCUT2D eigenvalue weighted by Crippen LogP contribution is 2.22. The van der Waals surface area contributed by atoms with Crippen LogP contribution in [0.4, 0.5) is 0 Å². The third kappa shape index (κ3) is 7.19. The Morgan fingerprint density at radius 3 is 2.63 bits per heavy atom. The predicted molar refractivity (Wildman–Crippen MR) is 132 cm³/mol. The van der Waals surface area contributed by atoms with Crippen LogP contribution >= 0.6 is 24.0 Å². The molecular weight excluding hydrogens is 491 g/mol. The van der Waals surface area contributed by atoms with Gasteiger partial charge in [0.05, 0.1) is 6.54 Å². The lowest BCUT2D eigenvalue weighted by molar-refractivity contribution is -0.129. The Morgan fingerprint density at radius 2 is 1.90 bits per heavy atom. The van der Waals surface area contributed by atoms with Gasteiger partial charge in [-0.2, -0.15) is 0 Å². The molecule has 1 fully saturated rings. The van der Waals surface area contributed by atoms with Gasteiger partial charge in [-0.25, -0.2) is 4.99 Å². The maximum absolute atomic E-state index is 11.9. The van der Waals surface area contributed by atoms with Crippen LogP contribution < -0.4 is 15.4 Å². The maximum Gasteiger partial charge on any atom is 0.222 e. The SMILES string of the molecule is CCNC(=NCc1cccc(Oc2ccccc2)c1)NC1CCN(C(=O)CC)C1.I. The van der Waals surface area contributed by atoms with Crippen LogP contribution in [0.5, 0.6) is 11.5 Å². The van der Waals surface area contributed by atoms with Crippen LogP contribution in [0.3, 0.4) is 0 Å². The Balaban J connectivity index is 0.00000320. The number of halogens is 1. The van der Waals surface area contributed by atoms with Gasteiger partial charge >= 0.3 is 0 Å². The van der Waals surface area contributed by atoms with Crippen LogP contribution in [0, 0.1) is 0 Å². The van der Waals surface area contributed by atoms with Gasteiger partial charge < -0.3 is 20.3 Å². The minimum atomic E-state index is 0. The summed E-state index contributed by atoms with van der Waals surface area (Å²) < 4.78 is 5.91. The van der Waals surface area contributed by atoms with E-state index in [0.717, 1.165) is 49.1 Å². The molecule has 6 nitrogen and oxygen atoms in total. The number of hydrogen-bond donors (Lipinski definition) is 2. The van der Waals surface area contributed by atoms with Crippen LogP contribution in [-0.2, 0) is 11.3 Å². The first-order chi connectivity index (χ1) is 14.2. The molecule has 30 heavy (non-hydrogen) atoms. The number of carbonyl (C=O) groups is 1. The van der Waals surface area contributed by atoms with Crippen LogP contribution in [0.1, 0.15) is 32.3 Å². The van der Waals surface area contributed by atoms with E-state index in [1.807, 2.05) is 73.3 Å². The van der Waals surface area contributed by atoms with Crippen molar-refractivity contribution >= 4 is 35.8 Å². The average molecular weight is 522 g/mol. The van der Waals surface area contributed by atoms with Crippen molar-refractivity contribution < 1.29 is 9.53 Å². The van der Waals surface area contributed by atoms with Gasteiger partial charge in [-0.3, -0.25) is 4.79 Å². The van der Waals surface area contributed by atoms with Gasteiger partial charge in [0.15, 0.2) is 5.96 Å². The van der Waals surface area contributed by atoms with Gasteiger partial charge in [-0.05, 0) is 43.2 Å². The lowest BCUT2D eigenvalue weighted by Crippen LogP contribution is -2.45. The number of rotatable bonds is 7. The van der Waals surface area contributed by atoms with Crippen LogP contribution in [0.2, 0.25) is 0 Å². The fourth-order valence-electron chi connectivity index (χ4n) is 3.34. The monoisotopic (exact) mass is 522 g/mol. The van der Waals surface area contributed by atoms with E-state index in [1.54, 1.807) is 0 Å². The minimum Gasteiger partial charge on any atom is -0.457 e. The van der Waals surface area contributed by atoms with Gasteiger partial charge in [0.25, 0.3) is 0 Å². The quantitative estimate of drug-likeness (QED) is 0.326. The number of benzene rings is 2. The molecule has 1 amide bonds. The highest BCUT2D eigenvalue weighted by Gasteiger charge is 2.25. The van der Waals surface area contributed by atoms with E-state index in [4.69, 9.17) is 9.73 Å². The summed E-state index contributed by atoms with van der Waals surface area (Å²) in [6, 6.07) is 18.0. The summed E-state index contributed by atoms with van der Waals surface area (Å²) in [6.45, 7) is 6.83. The number of amides is 1. The Kier molecular flexibility index (Phi) is 9.93. The zero-order valence-electron chi connectivity index (χ0n) is 17.6. The molecule has 1 heterocycles. The van der Waals surface area contributed by atoms with Crippen LogP contribution in [-0.4, -0.2) is 42.4 Å². The van der Waals surface area contributed by atoms with E-state index in [2.05, 4.69) is 10.6 Å². The van der Waals surface area contributed by atoms with E-state index in [1.165, 1.54) is 0 Å². The number of ether oxygens (including phenoxy) is 1. The lowest BCUT2D eigenvalue weighted by Gasteiger charge is -2.18. The van der Waals surface area contributed by atoms with Gasteiger partial charge in [0.1, 0.15) is 11.5 Å². The summed E-state index contributed by atoms with van der Waals surface area (Å²) in [5.74, 6) is 2.60. The van der Waals surface area contributed by atoms with Crippen LogP contribution in [0.25, 0.3) is 0 Å². The molecule has 7 heteroatoms. The summed E-state index contributed by atoms with van der Waals surface area (Å²) in [7, 11) is 0. The molecule has 0 aliphatic carbocycles. The second-order valence-electron chi connectivity index (χ2n) is 7.08. The first kappa shape index (κ1) is 24.0. The minimum absolute atomic E-state index is 0. The first-order valence-electron chi connectivity index (χ1n) is 10.3. The molecule has 1 atom stereocenters. The summed E-state index contributed by atoms with van der Waals surface area (Å²) >= 11 is 0. The van der Waals surface area contributed by atoms with Gasteiger partial charge in [-0.15, -0.1) is 24.0 Å². The van der Waals surface area contributed by atoms with Crippen molar-refractivity contribution in [2.45, 2.75) is 39.3 Å². The van der Waals surface area contributed by atoms with E-state index < -0.39 is 0 Å². The smallest absolute Gasteiger partial charge is 0.222 e. The number of carbonyl (C=O) groups excluding carboxylic acids is 1. The topological polar surface area (TPSA) is 66.0 Å². The van der Waals surface area contributed by atoms with Crippen molar-refractivity contribution in [2.75, 3.05) is 19.6 Å². The lowest BCUT2D eigenvalue weighted by atomic mass is 10.2. The van der Waals surface area contributed by atoms with Crippen molar-refractivity contribution in [3.8, 4) is 11.5 Å². The Labute approximate surface area is 196 Å². The number of guanidine groups is 1. The Hall–Kier alpha value is -2.29. The van der Waals surface area contributed by atoms with Crippen molar-refractivity contribution in [3.05, 3.63) is 60.2 Å². The van der Waals surface area contributed by atoms with Crippen molar-refractivity contribution in [1.82, 2.24) is 15.5 Å². The van der Waals surface area contributed by atoms with Crippen molar-refractivity contribution in [2.24, 2.45) is 4.99 Å². The number of para-hydroxylation sites is 1. The number of nitrogens with zero attached hydrogens (tertiary/aromatic N) is 2. The normalized spacial score (nSPS) is 16.0. The van der Waals surface area contributed by atoms with Crippen LogP contribution in [0.15, 0.2) is 59.6 Å². The molecule has 0 spiro atoms. The Morgan fingerprint density at radius 1 is 1.13 bits per heavy atom. The molecule has 0 bridgehead atoms. The zero-order chi connectivity index (χ0) is 20.5. The van der Waals surface area contributed by atoms with E-state index in [9.17, 15) is 4.79 Å². The first-order valence-corrected chi connectivity index (χ1v) is 10.3. The molecule has 0 radical (unpaired) electrons. The van der Waals surface area contributed by atoms with Gasteiger partial charge in [0, 0.05) is 32.1 Å². The molecule has 2 N–H and O–H groups in total. The number of aliphatic imine (C=N–C) groups is 1. The summed E-state index contributed by atoms with van der Waals surface area (Å²) in [5.41, 5.74) is 1.07. The van der Waals surface area contributed by atoms with Gasteiger partial charge in [0.2, 0.25) is 5.91 Å². The summed E-state index contributed by atoms with van der Waals surface area (Å²) in [4.78, 5) is 18.5. The molecule has 0 aromatic heterocycles. The number of nitrogens with one attached hydrogen (secondary N) is 2. The standard InChI is InChI=1S/C23H30N4O2.HI/c1-3-22(28)27-14-13-19(17-27)26-23(24-4-2)25-16-18-9-8-12-21(15-18)29-20-10-6-5-7-11-20;/h5-12,15,19H,3-4,13-14,16-17H2,1-2H3,(H2,24,25,26);1H. The predicted octanol–water partition coefficient (Wildman–Crippen LogP) is 4.16. The van der Waals surface area contributed by atoms with E-state index in [0.29, 0.717) is 13.0 Å². The highest BCUT2D eigenvalue weighted by atomic mass is 127. The third-order valence-electron chi connectivity index (χ3n) is 4.83. The Bertz CT molecular complexity index is 829. The van der Waals surface area contributed by atoms with E-state index >= 15 is 0 Å². The second-order valence-corrected chi connectivity index (χ2v) is 7.08. The summed E-state index contributed by atoms with van der Waals surface area (Å²) in [5, 5.41) is 6.76. The second kappa shape index (κ2) is 12.4. The average Bonchev–Trinajstić information content (AvgIpc) is 3.21. The fourth-order valence-corrected chi connectivity index (χ4v) is 3.34. The highest BCUT2D eigenvalue weighted by molar-refractivity contribution is 14.0. The molecule has 2 aromatic carbocycles. The number of likely N-dealkylation sites (tertiary alicyclic amines) is 1.